The van der Waals surface area contributed by atoms with Gasteiger partial charge in [-0.15, -0.1) is 0 Å². The van der Waals surface area contributed by atoms with Crippen LogP contribution in [-0.2, 0) is 6.61 Å². The zero-order valence-electron chi connectivity index (χ0n) is 15.6. The van der Waals surface area contributed by atoms with E-state index in [0.29, 0.717) is 34.3 Å². The van der Waals surface area contributed by atoms with Crippen molar-refractivity contribution < 1.29 is 19.0 Å². The Hall–Kier alpha value is -3.74. The number of aromatic nitrogens is 1. The van der Waals surface area contributed by atoms with E-state index in [1.807, 2.05) is 18.2 Å². The minimum atomic E-state index is -0.256. The molecule has 3 N–H and O–H groups in total. The van der Waals surface area contributed by atoms with Gasteiger partial charge < -0.3 is 25.3 Å². The minimum absolute atomic E-state index is 0.256. The summed E-state index contributed by atoms with van der Waals surface area (Å²) < 4.78 is 16.1. The van der Waals surface area contributed by atoms with Gasteiger partial charge in [-0.05, 0) is 48.0 Å². The topological polar surface area (TPSA) is 95.7 Å². The fraction of sp³-hybridized carbons (Fsp3) is 0.143. The van der Waals surface area contributed by atoms with E-state index in [4.69, 9.17) is 19.9 Å². The van der Waals surface area contributed by atoms with Crippen molar-refractivity contribution in [1.82, 2.24) is 4.98 Å². The molecule has 0 unspecified atom stereocenters. The number of amides is 1. The molecule has 2 aromatic carbocycles. The second-order valence-electron chi connectivity index (χ2n) is 5.91. The molecule has 0 fully saturated rings. The third-order valence-corrected chi connectivity index (χ3v) is 4.01. The first-order valence-corrected chi connectivity index (χ1v) is 8.56. The number of ether oxygens (including phenoxy) is 3. The van der Waals surface area contributed by atoms with Crippen LogP contribution in [0.3, 0.4) is 0 Å². The quantitative estimate of drug-likeness (QED) is 0.652. The number of carbonyl (C=O) groups excluding carboxylic acids is 1. The number of nitrogens with two attached hydrogens (primary N) is 1. The Morgan fingerprint density at radius 1 is 1.04 bits per heavy atom. The van der Waals surface area contributed by atoms with Crippen LogP contribution in [0.15, 0.2) is 60.8 Å². The molecule has 1 aromatic heterocycles. The van der Waals surface area contributed by atoms with Gasteiger partial charge in [-0.3, -0.25) is 4.79 Å². The van der Waals surface area contributed by atoms with E-state index in [1.165, 1.54) is 7.11 Å². The molecule has 0 saturated heterocycles. The zero-order valence-corrected chi connectivity index (χ0v) is 15.6. The number of anilines is 2. The molecule has 1 amide bonds. The van der Waals surface area contributed by atoms with Crippen LogP contribution in [0.25, 0.3) is 0 Å². The number of carbonyl (C=O) groups is 1. The third kappa shape index (κ3) is 4.50. The summed E-state index contributed by atoms with van der Waals surface area (Å²) in [4.78, 5) is 16.6. The summed E-state index contributed by atoms with van der Waals surface area (Å²) in [6.07, 6.45) is 1.62. The van der Waals surface area contributed by atoms with Gasteiger partial charge in [0.2, 0.25) is 5.88 Å². The molecule has 0 bridgehead atoms. The Labute approximate surface area is 163 Å². The van der Waals surface area contributed by atoms with Gasteiger partial charge in [0, 0.05) is 17.4 Å². The fourth-order valence-corrected chi connectivity index (χ4v) is 2.60. The molecule has 0 aliphatic heterocycles. The third-order valence-electron chi connectivity index (χ3n) is 4.01. The second-order valence-corrected chi connectivity index (χ2v) is 5.91. The number of benzene rings is 2. The van der Waals surface area contributed by atoms with Gasteiger partial charge in [0.05, 0.1) is 19.9 Å². The van der Waals surface area contributed by atoms with Crippen LogP contribution < -0.4 is 25.3 Å². The molecule has 7 nitrogen and oxygen atoms in total. The van der Waals surface area contributed by atoms with Crippen molar-refractivity contribution in [3.05, 3.63) is 71.9 Å². The molecule has 3 rings (SSSR count). The van der Waals surface area contributed by atoms with Crippen LogP contribution in [0.1, 0.15) is 15.9 Å². The van der Waals surface area contributed by atoms with E-state index >= 15 is 0 Å². The predicted octanol–water partition coefficient (Wildman–Crippen LogP) is 3.51. The van der Waals surface area contributed by atoms with Crippen LogP contribution in [0.2, 0.25) is 0 Å². The lowest BCUT2D eigenvalue weighted by atomic mass is 10.1. The molecule has 0 aliphatic rings. The maximum Gasteiger partial charge on any atom is 0.255 e. The van der Waals surface area contributed by atoms with E-state index in [0.717, 1.165) is 5.56 Å². The van der Waals surface area contributed by atoms with E-state index in [-0.39, 0.29) is 12.5 Å². The number of hydrogen-bond donors (Lipinski definition) is 2. The smallest absolute Gasteiger partial charge is 0.255 e. The highest BCUT2D eigenvalue weighted by Gasteiger charge is 2.11. The van der Waals surface area contributed by atoms with Crippen LogP contribution in [-0.4, -0.2) is 25.1 Å². The highest BCUT2D eigenvalue weighted by Crippen LogP contribution is 2.28. The van der Waals surface area contributed by atoms with Crippen molar-refractivity contribution in [3.8, 4) is 17.4 Å². The first-order valence-electron chi connectivity index (χ1n) is 8.56. The molecule has 1 heterocycles. The maximum atomic E-state index is 12.6. The lowest BCUT2D eigenvalue weighted by Gasteiger charge is -2.11. The van der Waals surface area contributed by atoms with E-state index in [9.17, 15) is 4.79 Å². The average Bonchev–Trinajstić information content (AvgIpc) is 2.73. The number of methoxy groups -OCH3 is 2. The first kappa shape index (κ1) is 19.0. The fourth-order valence-electron chi connectivity index (χ4n) is 2.60. The van der Waals surface area contributed by atoms with Gasteiger partial charge >= 0.3 is 0 Å². The SMILES string of the molecule is COc1ccc(C(=O)Nc2cccc(COc3ncccc3N)c2)cc1OC. The summed E-state index contributed by atoms with van der Waals surface area (Å²) in [5.74, 6) is 1.17. The van der Waals surface area contributed by atoms with Crippen LogP contribution in [0, 0.1) is 0 Å². The number of nitrogens with zero attached hydrogens (tertiary/aromatic N) is 1. The first-order chi connectivity index (χ1) is 13.6. The van der Waals surface area contributed by atoms with Gasteiger partial charge in [-0.25, -0.2) is 4.98 Å². The summed E-state index contributed by atoms with van der Waals surface area (Å²) in [7, 11) is 3.07. The molecule has 0 spiro atoms. The monoisotopic (exact) mass is 379 g/mol. The highest BCUT2D eigenvalue weighted by atomic mass is 16.5. The number of pyridine rings is 1. The molecule has 7 heteroatoms. The summed E-state index contributed by atoms with van der Waals surface area (Å²) in [5.41, 5.74) is 8.28. The Morgan fingerprint density at radius 3 is 2.61 bits per heavy atom. The Kier molecular flexibility index (Phi) is 5.96. The average molecular weight is 379 g/mol. The molecule has 3 aromatic rings. The maximum absolute atomic E-state index is 12.6. The van der Waals surface area contributed by atoms with Crippen molar-refractivity contribution in [1.29, 1.82) is 0 Å². The molecular weight excluding hydrogens is 358 g/mol. The van der Waals surface area contributed by atoms with E-state index in [1.54, 1.807) is 49.7 Å². The minimum Gasteiger partial charge on any atom is -0.493 e. The molecule has 28 heavy (non-hydrogen) atoms. The van der Waals surface area contributed by atoms with Gasteiger partial charge in [-0.2, -0.15) is 0 Å². The molecule has 0 saturated carbocycles. The summed E-state index contributed by atoms with van der Waals surface area (Å²) in [6, 6.07) is 15.8. The zero-order chi connectivity index (χ0) is 19.9. The lowest BCUT2D eigenvalue weighted by molar-refractivity contribution is 0.102. The lowest BCUT2D eigenvalue weighted by Crippen LogP contribution is -2.12. The van der Waals surface area contributed by atoms with Crippen molar-refractivity contribution in [2.45, 2.75) is 6.61 Å². The largest absolute Gasteiger partial charge is 0.493 e. The van der Waals surface area contributed by atoms with Gasteiger partial charge in [0.1, 0.15) is 6.61 Å². The second kappa shape index (κ2) is 8.77. The molecular formula is C21H21N3O4. The van der Waals surface area contributed by atoms with Crippen LogP contribution in [0.4, 0.5) is 11.4 Å². The van der Waals surface area contributed by atoms with Crippen molar-refractivity contribution in [2.75, 3.05) is 25.3 Å². The van der Waals surface area contributed by atoms with Crippen LogP contribution >= 0.6 is 0 Å². The number of nitrogens with one attached hydrogen (secondary N) is 1. The van der Waals surface area contributed by atoms with Crippen molar-refractivity contribution in [3.63, 3.8) is 0 Å². The normalized spacial score (nSPS) is 10.2. The number of nitrogen functional groups attached to an aromatic ring is 1. The Bertz CT molecular complexity index is 975. The highest BCUT2D eigenvalue weighted by molar-refractivity contribution is 6.04. The predicted molar refractivity (Wildman–Crippen MR) is 107 cm³/mol. The van der Waals surface area contributed by atoms with Crippen LogP contribution in [0.5, 0.6) is 17.4 Å². The van der Waals surface area contributed by atoms with Gasteiger partial charge in [0.15, 0.2) is 11.5 Å². The Morgan fingerprint density at radius 2 is 1.86 bits per heavy atom. The van der Waals surface area contributed by atoms with Gasteiger partial charge in [0.25, 0.3) is 5.91 Å². The molecule has 0 radical (unpaired) electrons. The van der Waals surface area contributed by atoms with E-state index < -0.39 is 0 Å². The molecule has 144 valence electrons. The number of rotatable bonds is 7. The summed E-state index contributed by atoms with van der Waals surface area (Å²) in [5, 5.41) is 2.87. The van der Waals surface area contributed by atoms with Crippen molar-refractivity contribution in [2.24, 2.45) is 0 Å². The molecule has 0 aliphatic carbocycles. The standard InChI is InChI=1S/C21H21N3O4/c1-26-18-9-8-15(12-19(18)27-2)20(25)24-16-6-3-5-14(11-16)13-28-21-17(22)7-4-10-23-21/h3-12H,13,22H2,1-2H3,(H,24,25). The number of hydrogen-bond acceptors (Lipinski definition) is 6. The van der Waals surface area contributed by atoms with Gasteiger partial charge in [-0.1, -0.05) is 12.1 Å². The van der Waals surface area contributed by atoms with E-state index in [2.05, 4.69) is 10.3 Å². The summed E-state index contributed by atoms with van der Waals surface area (Å²) >= 11 is 0. The summed E-state index contributed by atoms with van der Waals surface area (Å²) in [6.45, 7) is 0.279. The Balaban J connectivity index is 1.69. The molecule has 0 atom stereocenters. The van der Waals surface area contributed by atoms with Crippen molar-refractivity contribution >= 4 is 17.3 Å².